The lowest BCUT2D eigenvalue weighted by molar-refractivity contribution is 0.0948. The van der Waals surface area contributed by atoms with Crippen LogP contribution in [0.1, 0.15) is 22.0 Å². The molecule has 1 amide bonds. The van der Waals surface area contributed by atoms with Crippen molar-refractivity contribution in [2.24, 2.45) is 0 Å². The van der Waals surface area contributed by atoms with Gasteiger partial charge in [-0.2, -0.15) is 5.10 Å². The largest absolute Gasteiger partial charge is 0.497 e. The maximum absolute atomic E-state index is 12.2. The van der Waals surface area contributed by atoms with Crippen LogP contribution in [0.3, 0.4) is 0 Å². The molecule has 3 aromatic rings. The molecule has 0 saturated heterocycles. The summed E-state index contributed by atoms with van der Waals surface area (Å²) in [7, 11) is 1.62. The first kappa shape index (κ1) is 15.9. The molecule has 6 heteroatoms. The van der Waals surface area contributed by atoms with E-state index in [-0.39, 0.29) is 5.91 Å². The number of nitrogens with zero attached hydrogens (tertiary/aromatic N) is 1. The van der Waals surface area contributed by atoms with Crippen LogP contribution in [0.5, 0.6) is 5.75 Å². The highest BCUT2D eigenvalue weighted by Crippen LogP contribution is 2.21. The van der Waals surface area contributed by atoms with Crippen LogP contribution in [0.4, 0.5) is 0 Å². The number of methoxy groups -OCH3 is 1. The number of amides is 1. The summed E-state index contributed by atoms with van der Waals surface area (Å²) in [5.41, 5.74) is 2.05. The number of H-pyrrole nitrogens is 1. The van der Waals surface area contributed by atoms with Crippen molar-refractivity contribution in [3.8, 4) is 17.0 Å². The Morgan fingerprint density at radius 3 is 2.71 bits per heavy atom. The van der Waals surface area contributed by atoms with E-state index < -0.39 is 0 Å². The van der Waals surface area contributed by atoms with E-state index in [4.69, 9.17) is 9.15 Å². The van der Waals surface area contributed by atoms with E-state index >= 15 is 0 Å². The van der Waals surface area contributed by atoms with Crippen LogP contribution in [0, 0.1) is 6.92 Å². The smallest absolute Gasteiger partial charge is 0.269 e. The number of aryl methyl sites for hydroxylation is 1. The van der Waals surface area contributed by atoms with Gasteiger partial charge < -0.3 is 14.5 Å². The van der Waals surface area contributed by atoms with Gasteiger partial charge in [0.1, 0.15) is 23.0 Å². The lowest BCUT2D eigenvalue weighted by Gasteiger charge is -2.01. The lowest BCUT2D eigenvalue weighted by atomic mass is 10.1. The van der Waals surface area contributed by atoms with Gasteiger partial charge >= 0.3 is 0 Å². The molecular formula is C18H19N3O3. The van der Waals surface area contributed by atoms with Crippen molar-refractivity contribution >= 4 is 5.91 Å². The van der Waals surface area contributed by atoms with Crippen LogP contribution in [-0.2, 0) is 6.42 Å². The predicted molar refractivity (Wildman–Crippen MR) is 90.1 cm³/mol. The van der Waals surface area contributed by atoms with E-state index in [1.54, 1.807) is 13.2 Å². The first-order valence-corrected chi connectivity index (χ1v) is 7.69. The molecule has 0 aliphatic carbocycles. The van der Waals surface area contributed by atoms with Crippen LogP contribution in [0.15, 0.2) is 46.9 Å². The van der Waals surface area contributed by atoms with Crippen molar-refractivity contribution in [2.75, 3.05) is 13.7 Å². The fourth-order valence-electron chi connectivity index (χ4n) is 2.36. The number of hydrogen-bond acceptors (Lipinski definition) is 4. The molecule has 24 heavy (non-hydrogen) atoms. The maximum atomic E-state index is 12.2. The highest BCUT2D eigenvalue weighted by Gasteiger charge is 2.11. The molecule has 0 spiro atoms. The molecule has 2 aromatic heterocycles. The van der Waals surface area contributed by atoms with Gasteiger partial charge in [0.2, 0.25) is 0 Å². The van der Waals surface area contributed by atoms with Gasteiger partial charge in [-0.15, -0.1) is 0 Å². The SMILES string of the molecule is COc1ccc(-c2cc(C(=O)NCCc3ccc(C)o3)[nH]n2)cc1. The normalized spacial score (nSPS) is 10.6. The topological polar surface area (TPSA) is 80.1 Å². The van der Waals surface area contributed by atoms with Crippen molar-refractivity contribution in [1.82, 2.24) is 15.5 Å². The highest BCUT2D eigenvalue weighted by atomic mass is 16.5. The molecular weight excluding hydrogens is 306 g/mol. The summed E-state index contributed by atoms with van der Waals surface area (Å²) in [5, 5.41) is 9.81. The van der Waals surface area contributed by atoms with Gasteiger partial charge in [-0.25, -0.2) is 0 Å². The van der Waals surface area contributed by atoms with Crippen LogP contribution in [0.2, 0.25) is 0 Å². The van der Waals surface area contributed by atoms with E-state index in [1.165, 1.54) is 0 Å². The molecule has 0 unspecified atom stereocenters. The Kier molecular flexibility index (Phi) is 4.65. The Morgan fingerprint density at radius 2 is 2.04 bits per heavy atom. The maximum Gasteiger partial charge on any atom is 0.269 e. The summed E-state index contributed by atoms with van der Waals surface area (Å²) in [5.74, 6) is 2.32. The standard InChI is InChI=1S/C18H19N3O3/c1-12-3-6-15(24-12)9-10-19-18(22)17-11-16(20-21-17)13-4-7-14(23-2)8-5-13/h3-8,11H,9-10H2,1-2H3,(H,19,22)(H,20,21). The zero-order valence-corrected chi connectivity index (χ0v) is 13.6. The minimum Gasteiger partial charge on any atom is -0.497 e. The minimum atomic E-state index is -0.189. The van der Waals surface area contributed by atoms with E-state index in [2.05, 4.69) is 15.5 Å². The highest BCUT2D eigenvalue weighted by molar-refractivity contribution is 5.93. The van der Waals surface area contributed by atoms with E-state index in [0.29, 0.717) is 24.4 Å². The fraction of sp³-hybridized carbons (Fsp3) is 0.222. The quantitative estimate of drug-likeness (QED) is 0.730. The van der Waals surface area contributed by atoms with Crippen molar-refractivity contribution in [1.29, 1.82) is 0 Å². The molecule has 0 saturated carbocycles. The number of aromatic nitrogens is 2. The molecule has 0 aliphatic heterocycles. The van der Waals surface area contributed by atoms with Crippen LogP contribution >= 0.6 is 0 Å². The molecule has 2 N–H and O–H groups in total. The van der Waals surface area contributed by atoms with Gasteiger partial charge in [0, 0.05) is 18.5 Å². The third kappa shape index (κ3) is 3.65. The number of benzene rings is 1. The van der Waals surface area contributed by atoms with Gasteiger partial charge in [-0.05, 0) is 49.4 Å². The van der Waals surface area contributed by atoms with Gasteiger partial charge in [0.25, 0.3) is 5.91 Å². The second-order valence-electron chi connectivity index (χ2n) is 5.41. The Balaban J connectivity index is 1.58. The van der Waals surface area contributed by atoms with E-state index in [0.717, 1.165) is 22.8 Å². The summed E-state index contributed by atoms with van der Waals surface area (Å²) in [4.78, 5) is 12.2. The number of furan rings is 1. The van der Waals surface area contributed by atoms with Crippen molar-refractivity contribution < 1.29 is 13.9 Å². The first-order valence-electron chi connectivity index (χ1n) is 7.69. The number of carbonyl (C=O) groups is 1. The summed E-state index contributed by atoms with van der Waals surface area (Å²) in [6.07, 6.45) is 0.652. The van der Waals surface area contributed by atoms with Gasteiger partial charge in [-0.1, -0.05) is 0 Å². The van der Waals surface area contributed by atoms with Gasteiger partial charge in [0.05, 0.1) is 12.8 Å². The van der Waals surface area contributed by atoms with Crippen molar-refractivity contribution in [3.05, 3.63) is 59.7 Å². The zero-order valence-electron chi connectivity index (χ0n) is 13.6. The Morgan fingerprint density at radius 1 is 1.25 bits per heavy atom. The number of rotatable bonds is 6. The molecule has 124 valence electrons. The van der Waals surface area contributed by atoms with Gasteiger partial charge in [-0.3, -0.25) is 9.89 Å². The van der Waals surface area contributed by atoms with Crippen LogP contribution in [-0.4, -0.2) is 29.8 Å². The molecule has 0 fully saturated rings. The molecule has 0 aliphatic rings. The van der Waals surface area contributed by atoms with Crippen molar-refractivity contribution in [2.45, 2.75) is 13.3 Å². The molecule has 0 atom stereocenters. The van der Waals surface area contributed by atoms with E-state index in [1.807, 2.05) is 43.3 Å². The zero-order chi connectivity index (χ0) is 16.9. The third-order valence-corrected chi connectivity index (χ3v) is 3.66. The Bertz CT molecular complexity index is 818. The summed E-state index contributed by atoms with van der Waals surface area (Å²) < 4.78 is 10.6. The minimum absolute atomic E-state index is 0.189. The summed E-state index contributed by atoms with van der Waals surface area (Å²) in [6, 6.07) is 13.1. The van der Waals surface area contributed by atoms with Gasteiger partial charge in [0.15, 0.2) is 0 Å². The van der Waals surface area contributed by atoms with Crippen LogP contribution < -0.4 is 10.1 Å². The molecule has 0 radical (unpaired) electrons. The number of nitrogens with one attached hydrogen (secondary N) is 2. The average Bonchev–Trinajstić information content (AvgIpc) is 3.24. The summed E-state index contributed by atoms with van der Waals surface area (Å²) >= 11 is 0. The molecule has 6 nitrogen and oxygen atoms in total. The Labute approximate surface area is 139 Å². The molecule has 1 aromatic carbocycles. The first-order chi connectivity index (χ1) is 11.7. The molecule has 3 rings (SSSR count). The van der Waals surface area contributed by atoms with Crippen LogP contribution in [0.25, 0.3) is 11.3 Å². The summed E-state index contributed by atoms with van der Waals surface area (Å²) in [6.45, 7) is 2.40. The number of ether oxygens (including phenoxy) is 1. The third-order valence-electron chi connectivity index (χ3n) is 3.66. The van der Waals surface area contributed by atoms with E-state index in [9.17, 15) is 4.79 Å². The monoisotopic (exact) mass is 325 g/mol. The fourth-order valence-corrected chi connectivity index (χ4v) is 2.36. The number of carbonyl (C=O) groups excluding carboxylic acids is 1. The Hall–Kier alpha value is -3.02. The second-order valence-corrected chi connectivity index (χ2v) is 5.41. The number of hydrogen-bond donors (Lipinski definition) is 2. The van der Waals surface area contributed by atoms with Crippen molar-refractivity contribution in [3.63, 3.8) is 0 Å². The second kappa shape index (κ2) is 7.04. The number of aromatic amines is 1. The molecule has 0 bridgehead atoms. The lowest BCUT2D eigenvalue weighted by Crippen LogP contribution is -2.25. The molecule has 2 heterocycles. The predicted octanol–water partition coefficient (Wildman–Crippen LogP) is 2.96. The average molecular weight is 325 g/mol.